The molecule has 4 aromatic carbocycles. The van der Waals surface area contributed by atoms with Crippen LogP contribution in [0.25, 0.3) is 6.08 Å². The molecule has 0 aliphatic rings. The number of amides is 1. The van der Waals surface area contributed by atoms with E-state index in [2.05, 4.69) is 5.32 Å². The zero-order valence-electron chi connectivity index (χ0n) is 23.3. The maximum absolute atomic E-state index is 12.7. The van der Waals surface area contributed by atoms with E-state index >= 15 is 0 Å². The van der Waals surface area contributed by atoms with Gasteiger partial charge in [0.2, 0.25) is 0 Å². The number of aryl methyl sites for hydroxylation is 1. The molecule has 0 saturated heterocycles. The van der Waals surface area contributed by atoms with Crippen LogP contribution < -0.4 is 24.3 Å². The zero-order valence-corrected chi connectivity index (χ0v) is 23.3. The lowest BCUT2D eigenvalue weighted by molar-refractivity contribution is -0.112. The lowest BCUT2D eigenvalue weighted by atomic mass is 10.1. The summed E-state index contributed by atoms with van der Waals surface area (Å²) < 4.78 is 23.4. The van der Waals surface area contributed by atoms with Crippen LogP contribution in [0, 0.1) is 18.3 Å². The third-order valence-electron chi connectivity index (χ3n) is 6.08. The van der Waals surface area contributed by atoms with Gasteiger partial charge in [0.15, 0.2) is 23.0 Å². The Morgan fingerprint density at radius 2 is 1.54 bits per heavy atom. The third kappa shape index (κ3) is 8.13. The summed E-state index contributed by atoms with van der Waals surface area (Å²) in [6.45, 7) is 4.94. The number of nitrogens with one attached hydrogen (secondary N) is 1. The van der Waals surface area contributed by atoms with Crippen LogP contribution in [-0.4, -0.2) is 19.6 Å². The fraction of sp³-hybridized carbons (Fsp3) is 0.176. The number of hydrogen-bond donors (Lipinski definition) is 1. The molecular formula is C34H32N2O5. The van der Waals surface area contributed by atoms with Gasteiger partial charge in [0.1, 0.15) is 24.9 Å². The minimum Gasteiger partial charge on any atom is -0.493 e. The van der Waals surface area contributed by atoms with E-state index in [0.717, 1.165) is 16.7 Å². The maximum Gasteiger partial charge on any atom is 0.266 e. The molecule has 7 nitrogen and oxygen atoms in total. The van der Waals surface area contributed by atoms with Gasteiger partial charge in [-0.25, -0.2) is 0 Å². The molecule has 4 aromatic rings. The van der Waals surface area contributed by atoms with E-state index in [0.29, 0.717) is 47.5 Å². The minimum atomic E-state index is -0.485. The van der Waals surface area contributed by atoms with Gasteiger partial charge >= 0.3 is 0 Å². The normalized spacial score (nSPS) is 10.8. The van der Waals surface area contributed by atoms with Gasteiger partial charge in [-0.05, 0) is 78.6 Å². The highest BCUT2D eigenvalue weighted by Crippen LogP contribution is 2.32. The Labute approximate surface area is 240 Å². The second kappa shape index (κ2) is 14.2. The van der Waals surface area contributed by atoms with E-state index in [-0.39, 0.29) is 12.2 Å². The largest absolute Gasteiger partial charge is 0.493 e. The molecule has 0 aromatic heterocycles. The number of anilines is 1. The molecule has 0 unspecified atom stereocenters. The molecule has 0 heterocycles. The minimum absolute atomic E-state index is 0.0238. The van der Waals surface area contributed by atoms with Gasteiger partial charge in [0, 0.05) is 5.69 Å². The summed E-state index contributed by atoms with van der Waals surface area (Å²) >= 11 is 0. The number of benzene rings is 4. The van der Waals surface area contributed by atoms with E-state index < -0.39 is 5.91 Å². The fourth-order valence-corrected chi connectivity index (χ4v) is 4.06. The molecule has 208 valence electrons. The highest BCUT2D eigenvalue weighted by Gasteiger charge is 2.13. The molecule has 7 heteroatoms. The molecule has 0 radical (unpaired) electrons. The van der Waals surface area contributed by atoms with Gasteiger partial charge in [0.05, 0.1) is 13.7 Å². The van der Waals surface area contributed by atoms with Crippen molar-refractivity contribution in [3.05, 3.63) is 119 Å². The first-order valence-electron chi connectivity index (χ1n) is 13.2. The summed E-state index contributed by atoms with van der Waals surface area (Å²) in [6.07, 6.45) is 1.52. The van der Waals surface area contributed by atoms with E-state index in [9.17, 15) is 10.1 Å². The second-order valence-corrected chi connectivity index (χ2v) is 9.18. The van der Waals surface area contributed by atoms with Crippen molar-refractivity contribution in [2.75, 3.05) is 19.0 Å². The molecule has 0 saturated carbocycles. The number of carbonyl (C=O) groups is 1. The summed E-state index contributed by atoms with van der Waals surface area (Å²) in [5.41, 5.74) is 4.20. The van der Waals surface area contributed by atoms with Crippen LogP contribution in [0.5, 0.6) is 23.0 Å². The SMILES string of the molecule is CCOc1cc(/C=C(\C#N)C(=O)Nc2cccc(C)c2)ccc1OCc1ccc(OCc2ccccc2)c(OC)c1. The third-order valence-corrected chi connectivity index (χ3v) is 6.08. The summed E-state index contributed by atoms with van der Waals surface area (Å²) in [5, 5.41) is 12.4. The number of rotatable bonds is 12. The molecule has 41 heavy (non-hydrogen) atoms. The highest BCUT2D eigenvalue weighted by atomic mass is 16.5. The standard InChI is InChI=1S/C34H32N2O5/c1-4-39-33-19-26(18-28(21-35)34(37)36-29-12-8-9-24(2)17-29)13-15-31(33)41-23-27-14-16-30(32(20-27)38-3)40-22-25-10-6-5-7-11-25/h5-20H,4,22-23H2,1-3H3,(H,36,37)/b28-18+. The average molecular weight is 549 g/mol. The second-order valence-electron chi connectivity index (χ2n) is 9.18. The lowest BCUT2D eigenvalue weighted by Crippen LogP contribution is -2.13. The van der Waals surface area contributed by atoms with E-state index in [1.165, 1.54) is 6.08 Å². The molecule has 0 spiro atoms. The van der Waals surface area contributed by atoms with Gasteiger partial charge in [-0.3, -0.25) is 4.79 Å². The van der Waals surface area contributed by atoms with Gasteiger partial charge in [0.25, 0.3) is 5.91 Å². The van der Waals surface area contributed by atoms with Crippen molar-refractivity contribution in [3.63, 3.8) is 0 Å². The Balaban J connectivity index is 1.45. The van der Waals surface area contributed by atoms with E-state index in [1.807, 2.05) is 86.6 Å². The Kier molecular flexibility index (Phi) is 10.0. The van der Waals surface area contributed by atoms with Crippen molar-refractivity contribution in [3.8, 4) is 29.1 Å². The van der Waals surface area contributed by atoms with Crippen LogP contribution >= 0.6 is 0 Å². The van der Waals surface area contributed by atoms with Gasteiger partial charge < -0.3 is 24.3 Å². The number of nitrogens with zero attached hydrogens (tertiary/aromatic N) is 1. The van der Waals surface area contributed by atoms with Crippen molar-refractivity contribution in [2.45, 2.75) is 27.1 Å². The molecule has 1 amide bonds. The van der Waals surface area contributed by atoms with Crippen molar-refractivity contribution >= 4 is 17.7 Å². The van der Waals surface area contributed by atoms with E-state index in [4.69, 9.17) is 18.9 Å². The van der Waals surface area contributed by atoms with Crippen molar-refractivity contribution in [1.82, 2.24) is 0 Å². The zero-order chi connectivity index (χ0) is 29.0. The van der Waals surface area contributed by atoms with Crippen molar-refractivity contribution < 1.29 is 23.7 Å². The first-order chi connectivity index (χ1) is 20.0. The van der Waals surface area contributed by atoms with Gasteiger partial charge in [-0.15, -0.1) is 0 Å². The Morgan fingerprint density at radius 3 is 2.24 bits per heavy atom. The molecular weight excluding hydrogens is 516 g/mol. The first-order valence-corrected chi connectivity index (χ1v) is 13.2. The number of methoxy groups -OCH3 is 1. The quantitative estimate of drug-likeness (QED) is 0.150. The number of carbonyl (C=O) groups excluding carboxylic acids is 1. The first kappa shape index (κ1) is 28.8. The Bertz CT molecular complexity index is 1560. The Hall–Kier alpha value is -5.22. The molecule has 0 fully saturated rings. The summed E-state index contributed by atoms with van der Waals surface area (Å²) in [7, 11) is 1.60. The average Bonchev–Trinajstić information content (AvgIpc) is 2.99. The smallest absolute Gasteiger partial charge is 0.266 e. The number of hydrogen-bond acceptors (Lipinski definition) is 6. The van der Waals surface area contributed by atoms with Crippen LogP contribution in [0.1, 0.15) is 29.2 Å². The predicted molar refractivity (Wildman–Crippen MR) is 159 cm³/mol. The lowest BCUT2D eigenvalue weighted by Gasteiger charge is -2.15. The molecule has 1 N–H and O–H groups in total. The predicted octanol–water partition coefficient (Wildman–Crippen LogP) is 7.11. The van der Waals surface area contributed by atoms with Crippen LogP contribution in [0.2, 0.25) is 0 Å². The number of ether oxygens (including phenoxy) is 4. The maximum atomic E-state index is 12.7. The highest BCUT2D eigenvalue weighted by molar-refractivity contribution is 6.09. The van der Waals surface area contributed by atoms with Crippen molar-refractivity contribution in [1.29, 1.82) is 5.26 Å². The monoisotopic (exact) mass is 548 g/mol. The van der Waals surface area contributed by atoms with Crippen LogP contribution in [0.3, 0.4) is 0 Å². The molecule has 0 aliphatic heterocycles. The summed E-state index contributed by atoms with van der Waals surface area (Å²) in [6, 6.07) is 30.3. The Morgan fingerprint density at radius 1 is 0.805 bits per heavy atom. The van der Waals surface area contributed by atoms with Crippen molar-refractivity contribution in [2.24, 2.45) is 0 Å². The molecule has 0 bridgehead atoms. The van der Waals surface area contributed by atoms with Gasteiger partial charge in [-0.1, -0.05) is 54.6 Å². The summed E-state index contributed by atoms with van der Waals surface area (Å²) in [5.74, 6) is 1.82. The van der Waals surface area contributed by atoms with Crippen LogP contribution in [-0.2, 0) is 18.0 Å². The van der Waals surface area contributed by atoms with E-state index in [1.54, 1.807) is 31.4 Å². The van der Waals surface area contributed by atoms with Crippen LogP contribution in [0.4, 0.5) is 5.69 Å². The molecule has 4 rings (SSSR count). The summed E-state index contributed by atoms with van der Waals surface area (Å²) in [4.78, 5) is 12.7. The number of nitriles is 1. The van der Waals surface area contributed by atoms with Crippen LogP contribution in [0.15, 0.2) is 96.6 Å². The fourth-order valence-electron chi connectivity index (χ4n) is 4.06. The van der Waals surface area contributed by atoms with Gasteiger partial charge in [-0.2, -0.15) is 5.26 Å². The topological polar surface area (TPSA) is 89.8 Å². The molecule has 0 aliphatic carbocycles. The molecule has 0 atom stereocenters.